The largest absolute Gasteiger partial charge is 0.481 e. The van der Waals surface area contributed by atoms with Crippen LogP contribution >= 0.6 is 0 Å². The van der Waals surface area contributed by atoms with E-state index in [0.717, 1.165) is 25.7 Å². The van der Waals surface area contributed by atoms with Gasteiger partial charge in [0.05, 0.1) is 13.0 Å². The average Bonchev–Trinajstić information content (AvgIpc) is 2.37. The minimum Gasteiger partial charge on any atom is -0.481 e. The number of esters is 1. The van der Waals surface area contributed by atoms with Crippen molar-refractivity contribution >= 4 is 81.2 Å². The molecule has 0 aromatic carbocycles. The zero-order chi connectivity index (χ0) is 17.2. The van der Waals surface area contributed by atoms with E-state index >= 15 is 0 Å². The first-order valence-electron chi connectivity index (χ1n) is 7.49. The molecular formula is C14H29NNa2O7S. The van der Waals surface area contributed by atoms with E-state index in [-0.39, 0.29) is 71.9 Å². The first-order valence-corrected chi connectivity index (χ1v) is 8.99. The molecule has 0 heterocycles. The van der Waals surface area contributed by atoms with Gasteiger partial charge < -0.3 is 16.0 Å². The number of unbranched alkanes of at least 4 members (excludes halogenated alkanes) is 4. The van der Waals surface area contributed by atoms with Crippen LogP contribution in [0.5, 0.6) is 0 Å². The van der Waals surface area contributed by atoms with Crippen LogP contribution in [0.25, 0.3) is 0 Å². The molecule has 0 bridgehead atoms. The minimum absolute atomic E-state index is 0. The van der Waals surface area contributed by atoms with Crippen LogP contribution < -0.4 is 6.15 Å². The van der Waals surface area contributed by atoms with Crippen LogP contribution in [-0.4, -0.2) is 101 Å². The van der Waals surface area contributed by atoms with E-state index in [1.54, 1.807) is 0 Å². The zero-order valence-corrected chi connectivity index (χ0v) is 20.7. The zero-order valence-electron chi connectivity index (χ0n) is 15.9. The standard InChI is InChI=1S/C14H26O7S.H3N.2Na/c1-11(2)8-6-4-3-5-7-9-21-14(17)12(10-13(15)16)22(18,19)20;;;/h11-12H,3-10H2,1-2H3,(H,15,16)(H,18,19,20);1H3;;. The number of rotatable bonds is 12. The van der Waals surface area contributed by atoms with E-state index in [0.29, 0.717) is 12.3 Å². The first-order chi connectivity index (χ1) is 10.1. The van der Waals surface area contributed by atoms with Gasteiger partial charge in [0.15, 0.2) is 5.25 Å². The molecule has 0 aliphatic heterocycles. The van der Waals surface area contributed by atoms with E-state index in [1.807, 2.05) is 0 Å². The van der Waals surface area contributed by atoms with Crippen molar-refractivity contribution in [1.29, 1.82) is 0 Å². The van der Waals surface area contributed by atoms with Crippen LogP contribution in [0.3, 0.4) is 0 Å². The smallest absolute Gasteiger partial charge is 0.327 e. The molecule has 25 heavy (non-hydrogen) atoms. The summed E-state index contributed by atoms with van der Waals surface area (Å²) in [4.78, 5) is 22.0. The summed E-state index contributed by atoms with van der Waals surface area (Å²) in [5.74, 6) is -2.03. The number of carboxylic acids is 1. The van der Waals surface area contributed by atoms with Crippen LogP contribution in [0.2, 0.25) is 0 Å². The van der Waals surface area contributed by atoms with E-state index in [1.165, 1.54) is 6.42 Å². The van der Waals surface area contributed by atoms with Crippen molar-refractivity contribution in [2.75, 3.05) is 6.61 Å². The van der Waals surface area contributed by atoms with Crippen LogP contribution in [0, 0.1) is 5.92 Å². The molecule has 5 N–H and O–H groups in total. The second kappa shape index (κ2) is 18.2. The number of carbonyl (C=O) groups excluding carboxylic acids is 1. The van der Waals surface area contributed by atoms with Gasteiger partial charge in [-0.3, -0.25) is 14.1 Å². The molecule has 140 valence electrons. The van der Waals surface area contributed by atoms with Crippen LogP contribution in [0.15, 0.2) is 0 Å². The van der Waals surface area contributed by atoms with Gasteiger partial charge in [0.1, 0.15) is 0 Å². The molecular weight excluding hydrogens is 372 g/mol. The quantitative estimate of drug-likeness (QED) is 0.193. The Balaban J connectivity index is -0.000000735. The fourth-order valence-corrected chi connectivity index (χ4v) is 2.58. The number of hydrogen-bond acceptors (Lipinski definition) is 6. The van der Waals surface area contributed by atoms with E-state index in [2.05, 4.69) is 13.8 Å². The van der Waals surface area contributed by atoms with Crippen LogP contribution in [0.1, 0.15) is 58.8 Å². The summed E-state index contributed by atoms with van der Waals surface area (Å²) in [6.07, 6.45) is 4.85. The number of hydrogen-bond donors (Lipinski definition) is 3. The van der Waals surface area contributed by atoms with Gasteiger partial charge in [0, 0.05) is 59.1 Å². The summed E-state index contributed by atoms with van der Waals surface area (Å²) in [7, 11) is -4.78. The number of carboxylic acid groups (broad SMARTS) is 1. The predicted octanol–water partition coefficient (Wildman–Crippen LogP) is 1.66. The Labute approximate surface area is 194 Å². The number of ether oxygens (including phenoxy) is 1. The molecule has 0 fully saturated rings. The molecule has 0 rings (SSSR count). The summed E-state index contributed by atoms with van der Waals surface area (Å²) in [5, 5.41) is 6.48. The first kappa shape index (κ1) is 33.4. The molecule has 0 saturated heterocycles. The third kappa shape index (κ3) is 19.4. The maximum absolute atomic E-state index is 11.5. The molecule has 0 aromatic rings. The molecule has 0 aliphatic rings. The predicted molar refractivity (Wildman–Crippen MR) is 97.6 cm³/mol. The van der Waals surface area contributed by atoms with Gasteiger partial charge in [-0.05, 0) is 12.3 Å². The molecule has 11 heteroatoms. The third-order valence-corrected chi connectivity index (χ3v) is 4.23. The van der Waals surface area contributed by atoms with E-state index in [9.17, 15) is 18.0 Å². The maximum Gasteiger partial charge on any atom is 0.327 e. The van der Waals surface area contributed by atoms with E-state index < -0.39 is 33.7 Å². The van der Waals surface area contributed by atoms with Crippen molar-refractivity contribution < 1.29 is 32.4 Å². The molecule has 8 nitrogen and oxygen atoms in total. The summed E-state index contributed by atoms with van der Waals surface area (Å²) in [6.45, 7) is 4.36. The minimum atomic E-state index is -4.78. The molecule has 0 amide bonds. The third-order valence-electron chi connectivity index (χ3n) is 3.15. The topological polar surface area (TPSA) is 153 Å². The van der Waals surface area contributed by atoms with Crippen molar-refractivity contribution in [3.8, 4) is 0 Å². The summed E-state index contributed by atoms with van der Waals surface area (Å²) >= 11 is 0. The van der Waals surface area contributed by atoms with Crippen LogP contribution in [0.4, 0.5) is 0 Å². The van der Waals surface area contributed by atoms with E-state index in [4.69, 9.17) is 14.4 Å². The van der Waals surface area contributed by atoms with Gasteiger partial charge >= 0.3 is 11.9 Å². The Morgan fingerprint density at radius 1 is 1.00 bits per heavy atom. The van der Waals surface area contributed by atoms with Crippen molar-refractivity contribution in [2.45, 2.75) is 64.0 Å². The number of carbonyl (C=O) groups is 2. The van der Waals surface area contributed by atoms with Gasteiger partial charge in [-0.2, -0.15) is 8.42 Å². The average molecular weight is 401 g/mol. The summed E-state index contributed by atoms with van der Waals surface area (Å²) in [6, 6.07) is 0. The van der Waals surface area contributed by atoms with Crippen molar-refractivity contribution in [2.24, 2.45) is 5.92 Å². The molecule has 0 aromatic heterocycles. The van der Waals surface area contributed by atoms with Gasteiger partial charge in [-0.15, -0.1) is 0 Å². The molecule has 0 spiro atoms. The monoisotopic (exact) mass is 401 g/mol. The molecule has 1 unspecified atom stereocenters. The molecule has 1 atom stereocenters. The fraction of sp³-hybridized carbons (Fsp3) is 0.857. The summed E-state index contributed by atoms with van der Waals surface area (Å²) in [5.41, 5.74) is 0. The Morgan fingerprint density at radius 2 is 1.48 bits per heavy atom. The Morgan fingerprint density at radius 3 is 1.92 bits per heavy atom. The van der Waals surface area contributed by atoms with Gasteiger partial charge in [-0.25, -0.2) is 0 Å². The Kier molecular flexibility index (Phi) is 24.3. The summed E-state index contributed by atoms with van der Waals surface area (Å²) < 4.78 is 35.5. The normalized spacial score (nSPS) is 11.5. The van der Waals surface area contributed by atoms with Crippen molar-refractivity contribution in [3.05, 3.63) is 0 Å². The van der Waals surface area contributed by atoms with Gasteiger partial charge in [0.2, 0.25) is 0 Å². The molecule has 0 aliphatic carbocycles. The Bertz CT molecular complexity index is 458. The van der Waals surface area contributed by atoms with Crippen molar-refractivity contribution in [3.63, 3.8) is 0 Å². The van der Waals surface area contributed by atoms with Gasteiger partial charge in [-0.1, -0.05) is 46.0 Å². The fourth-order valence-electron chi connectivity index (χ4n) is 1.92. The Hall–Kier alpha value is 0.810. The molecule has 2 radical (unpaired) electrons. The second-order valence-corrected chi connectivity index (χ2v) is 7.32. The maximum atomic E-state index is 11.5. The number of aliphatic carboxylic acids is 1. The van der Waals surface area contributed by atoms with Gasteiger partial charge in [0.25, 0.3) is 10.1 Å². The SMILES string of the molecule is CC(C)CCCCCCCOC(=O)C(CC(=O)O)S(=O)(=O)O.N.[Na].[Na]. The second-order valence-electron chi connectivity index (χ2n) is 5.72. The molecule has 0 saturated carbocycles. The van der Waals surface area contributed by atoms with Crippen molar-refractivity contribution in [1.82, 2.24) is 6.15 Å². The van der Waals surface area contributed by atoms with Crippen LogP contribution in [-0.2, 0) is 24.4 Å².